The summed E-state index contributed by atoms with van der Waals surface area (Å²) in [5.41, 5.74) is 3.27. The molecular weight excluding hydrogens is 398 g/mol. The number of nitrogens with zero attached hydrogens (tertiary/aromatic N) is 1. The third kappa shape index (κ3) is 6.25. The fraction of sp³-hybridized carbons (Fsp3) is 0.381. The first-order chi connectivity index (χ1) is 13.5. The topological polar surface area (TPSA) is 66.5 Å². The zero-order valence-electron chi connectivity index (χ0n) is 17.0. The highest BCUT2D eigenvalue weighted by atomic mass is 32.2. The number of anilines is 1. The molecule has 0 fully saturated rings. The number of hydrogen-bond donors (Lipinski definition) is 1. The Morgan fingerprint density at radius 2 is 1.79 bits per heavy atom. The summed E-state index contributed by atoms with van der Waals surface area (Å²) in [7, 11) is -3.71. The molecule has 5 nitrogen and oxygen atoms in total. The molecule has 0 unspecified atom stereocenters. The number of carbonyl (C=O) groups is 1. The second-order valence-electron chi connectivity index (χ2n) is 7.19. The summed E-state index contributed by atoms with van der Waals surface area (Å²) in [6, 6.07) is 8.73. The molecular formula is C21H26F2N2O3S. The van der Waals surface area contributed by atoms with E-state index in [0.717, 1.165) is 39.4 Å². The molecule has 0 saturated heterocycles. The van der Waals surface area contributed by atoms with Crippen molar-refractivity contribution in [2.45, 2.75) is 39.7 Å². The van der Waals surface area contributed by atoms with Gasteiger partial charge < -0.3 is 5.32 Å². The number of aryl methyl sites for hydroxylation is 2. The Hall–Kier alpha value is -2.48. The molecule has 0 aliphatic carbocycles. The van der Waals surface area contributed by atoms with Crippen LogP contribution in [0.15, 0.2) is 36.4 Å². The molecule has 1 N–H and O–H groups in total. The van der Waals surface area contributed by atoms with Crippen LogP contribution >= 0.6 is 0 Å². The summed E-state index contributed by atoms with van der Waals surface area (Å²) in [5.74, 6) is -2.39. The number of sulfonamides is 1. The van der Waals surface area contributed by atoms with E-state index in [2.05, 4.69) is 5.32 Å². The predicted octanol–water partition coefficient (Wildman–Crippen LogP) is 4.01. The van der Waals surface area contributed by atoms with Gasteiger partial charge in [-0.2, -0.15) is 0 Å². The highest BCUT2D eigenvalue weighted by molar-refractivity contribution is 7.92. The predicted molar refractivity (Wildman–Crippen MR) is 110 cm³/mol. The molecule has 0 spiro atoms. The number of carbonyl (C=O) groups excluding carboxylic acids is 1. The van der Waals surface area contributed by atoms with Crippen molar-refractivity contribution in [3.8, 4) is 0 Å². The Kier molecular flexibility index (Phi) is 7.35. The first kappa shape index (κ1) is 22.8. The highest BCUT2D eigenvalue weighted by Gasteiger charge is 2.19. The number of halogens is 2. The van der Waals surface area contributed by atoms with Crippen molar-refractivity contribution in [1.29, 1.82) is 0 Å². The summed E-state index contributed by atoms with van der Waals surface area (Å²) in [5, 5.41) is 2.91. The van der Waals surface area contributed by atoms with E-state index in [1.165, 1.54) is 6.07 Å². The minimum absolute atomic E-state index is 0.0186. The molecule has 29 heavy (non-hydrogen) atoms. The van der Waals surface area contributed by atoms with Gasteiger partial charge in [-0.15, -0.1) is 0 Å². The van der Waals surface area contributed by atoms with Crippen LogP contribution in [-0.2, 0) is 14.8 Å². The van der Waals surface area contributed by atoms with Gasteiger partial charge in [0.05, 0.1) is 18.0 Å². The zero-order valence-corrected chi connectivity index (χ0v) is 17.8. The van der Waals surface area contributed by atoms with Gasteiger partial charge in [0.25, 0.3) is 0 Å². The van der Waals surface area contributed by atoms with E-state index in [1.54, 1.807) is 0 Å². The van der Waals surface area contributed by atoms with Crippen molar-refractivity contribution in [2.75, 3.05) is 17.1 Å². The molecule has 8 heteroatoms. The summed E-state index contributed by atoms with van der Waals surface area (Å²) >= 11 is 0. The zero-order chi connectivity index (χ0) is 21.8. The van der Waals surface area contributed by atoms with E-state index >= 15 is 0 Å². The number of hydrogen-bond acceptors (Lipinski definition) is 3. The van der Waals surface area contributed by atoms with Crippen molar-refractivity contribution >= 4 is 21.6 Å². The Morgan fingerprint density at radius 1 is 1.10 bits per heavy atom. The minimum Gasteiger partial charge on any atom is -0.350 e. The van der Waals surface area contributed by atoms with Crippen molar-refractivity contribution in [3.05, 3.63) is 64.7 Å². The lowest BCUT2D eigenvalue weighted by molar-refractivity contribution is -0.121. The highest BCUT2D eigenvalue weighted by Crippen LogP contribution is 2.22. The van der Waals surface area contributed by atoms with Crippen LogP contribution in [0.5, 0.6) is 0 Å². The van der Waals surface area contributed by atoms with E-state index in [-0.39, 0.29) is 37.0 Å². The smallest absolute Gasteiger partial charge is 0.232 e. The van der Waals surface area contributed by atoms with Crippen molar-refractivity contribution in [1.82, 2.24) is 5.32 Å². The van der Waals surface area contributed by atoms with Crippen LogP contribution in [0, 0.1) is 25.5 Å². The molecule has 0 aliphatic heterocycles. The van der Waals surface area contributed by atoms with Crippen LogP contribution in [0.3, 0.4) is 0 Å². The first-order valence-electron chi connectivity index (χ1n) is 9.28. The van der Waals surface area contributed by atoms with E-state index in [0.29, 0.717) is 0 Å². The fourth-order valence-corrected chi connectivity index (χ4v) is 4.17. The summed E-state index contributed by atoms with van der Waals surface area (Å²) in [6.45, 7) is 5.85. The third-order valence-electron chi connectivity index (χ3n) is 4.63. The van der Waals surface area contributed by atoms with Gasteiger partial charge in [0.15, 0.2) is 11.6 Å². The van der Waals surface area contributed by atoms with Crippen molar-refractivity contribution in [3.63, 3.8) is 0 Å². The molecule has 0 bridgehead atoms. The van der Waals surface area contributed by atoms with Crippen LogP contribution in [0.2, 0.25) is 0 Å². The molecule has 2 rings (SSSR count). The largest absolute Gasteiger partial charge is 0.350 e. The lowest BCUT2D eigenvalue weighted by atomic mass is 10.00. The van der Waals surface area contributed by atoms with Crippen LogP contribution in [0.1, 0.15) is 42.5 Å². The maximum atomic E-state index is 13.5. The number of amides is 1. The SMILES string of the molecule is Cc1ccc([C@H](C)NC(=O)CCCN(c2ccc(F)c(F)c2)S(C)(=O)=O)c(C)c1. The van der Waals surface area contributed by atoms with Gasteiger partial charge in [-0.25, -0.2) is 17.2 Å². The quantitative estimate of drug-likeness (QED) is 0.696. The number of rotatable bonds is 8. The van der Waals surface area contributed by atoms with Gasteiger partial charge in [-0.05, 0) is 50.5 Å². The molecule has 158 valence electrons. The molecule has 0 saturated carbocycles. The monoisotopic (exact) mass is 424 g/mol. The third-order valence-corrected chi connectivity index (χ3v) is 5.82. The molecule has 1 amide bonds. The van der Waals surface area contributed by atoms with Crippen molar-refractivity contribution in [2.24, 2.45) is 0 Å². The lowest BCUT2D eigenvalue weighted by Gasteiger charge is -2.23. The number of nitrogens with one attached hydrogen (secondary N) is 1. The normalized spacial score (nSPS) is 12.5. The van der Waals surface area contributed by atoms with Gasteiger partial charge in [0.2, 0.25) is 15.9 Å². The van der Waals surface area contributed by atoms with Gasteiger partial charge in [-0.3, -0.25) is 9.10 Å². The van der Waals surface area contributed by atoms with E-state index in [4.69, 9.17) is 0 Å². The Balaban J connectivity index is 1.98. The average molecular weight is 425 g/mol. The molecule has 0 aliphatic rings. The van der Waals surface area contributed by atoms with Crippen LogP contribution in [0.25, 0.3) is 0 Å². The van der Waals surface area contributed by atoms with Crippen LogP contribution < -0.4 is 9.62 Å². The lowest BCUT2D eigenvalue weighted by Crippen LogP contribution is -2.32. The van der Waals surface area contributed by atoms with E-state index < -0.39 is 21.7 Å². The Labute approximate surface area is 170 Å². The molecule has 0 heterocycles. The molecule has 1 atom stereocenters. The summed E-state index contributed by atoms with van der Waals surface area (Å²) < 4.78 is 51.7. The van der Waals surface area contributed by atoms with Gasteiger partial charge in [0, 0.05) is 19.0 Å². The standard InChI is InChI=1S/C21H26F2N2O3S/c1-14-7-9-18(15(2)12-14)16(3)24-21(26)6-5-11-25(29(4,27)28)17-8-10-19(22)20(23)13-17/h7-10,12-13,16H,5-6,11H2,1-4H3,(H,24,26)/t16-/m0/s1. The van der Waals surface area contributed by atoms with Gasteiger partial charge >= 0.3 is 0 Å². The fourth-order valence-electron chi connectivity index (χ4n) is 3.21. The average Bonchev–Trinajstić information content (AvgIpc) is 2.60. The Morgan fingerprint density at radius 3 is 2.38 bits per heavy atom. The summed E-state index contributed by atoms with van der Waals surface area (Å²) in [6.07, 6.45) is 1.32. The number of benzene rings is 2. The second-order valence-corrected chi connectivity index (χ2v) is 9.09. The van der Waals surface area contributed by atoms with Gasteiger partial charge in [-0.1, -0.05) is 23.8 Å². The second kappa shape index (κ2) is 9.35. The van der Waals surface area contributed by atoms with Crippen molar-refractivity contribution < 1.29 is 22.0 Å². The maximum Gasteiger partial charge on any atom is 0.232 e. The van der Waals surface area contributed by atoms with E-state index in [9.17, 15) is 22.0 Å². The molecule has 2 aromatic carbocycles. The Bertz CT molecular complexity index is 993. The summed E-state index contributed by atoms with van der Waals surface area (Å²) in [4.78, 5) is 12.3. The molecule has 2 aromatic rings. The van der Waals surface area contributed by atoms with E-state index in [1.807, 2.05) is 39.0 Å². The first-order valence-corrected chi connectivity index (χ1v) is 11.1. The van der Waals surface area contributed by atoms with Crippen LogP contribution in [-0.4, -0.2) is 27.1 Å². The molecule has 0 radical (unpaired) electrons. The van der Waals surface area contributed by atoms with Gasteiger partial charge in [0.1, 0.15) is 0 Å². The molecule has 0 aromatic heterocycles. The maximum absolute atomic E-state index is 13.5. The van der Waals surface area contributed by atoms with Crippen LogP contribution in [0.4, 0.5) is 14.5 Å². The minimum atomic E-state index is -3.71.